The van der Waals surface area contributed by atoms with Crippen LogP contribution in [0.1, 0.15) is 5.56 Å². The summed E-state index contributed by atoms with van der Waals surface area (Å²) in [6.07, 6.45) is 1.95. The fourth-order valence-electron chi connectivity index (χ4n) is 3.59. The molecule has 3 rings (SSSR count). The van der Waals surface area contributed by atoms with E-state index >= 15 is 0 Å². The largest absolute Gasteiger partial charge is 0.497 e. The molecule has 2 aliphatic heterocycles. The van der Waals surface area contributed by atoms with Gasteiger partial charge in [-0.15, -0.1) is 6.58 Å². The van der Waals surface area contributed by atoms with Gasteiger partial charge < -0.3 is 14.2 Å². The van der Waals surface area contributed by atoms with Crippen LogP contribution in [0.3, 0.4) is 0 Å². The Kier molecular flexibility index (Phi) is 5.89. The maximum Gasteiger partial charge on any atom is 0.119 e. The molecule has 1 aromatic carbocycles. The second-order valence-corrected chi connectivity index (χ2v) is 6.67. The lowest BCUT2D eigenvalue weighted by Crippen LogP contribution is -2.58. The Morgan fingerprint density at radius 3 is 2.92 bits per heavy atom. The van der Waals surface area contributed by atoms with Crippen molar-refractivity contribution >= 4 is 0 Å². The molecule has 0 aliphatic carbocycles. The Morgan fingerprint density at radius 2 is 2.08 bits per heavy atom. The van der Waals surface area contributed by atoms with E-state index in [1.54, 1.807) is 7.11 Å². The number of hydrogen-bond acceptors (Lipinski definition) is 5. The van der Waals surface area contributed by atoms with Crippen molar-refractivity contribution in [3.05, 3.63) is 42.5 Å². The normalized spacial score (nSPS) is 26.2. The van der Waals surface area contributed by atoms with Gasteiger partial charge in [0.2, 0.25) is 0 Å². The van der Waals surface area contributed by atoms with Gasteiger partial charge in [-0.1, -0.05) is 18.2 Å². The second-order valence-electron chi connectivity index (χ2n) is 6.67. The standard InChI is InChI=1S/C19H28N2O3/c1-3-7-20-8-10-23-16-19(14-20)15-21(9-11-24-19)13-17-5-4-6-18(12-17)22-2/h3-6,12H,1,7-11,13-16H2,2H3. The van der Waals surface area contributed by atoms with E-state index in [0.29, 0.717) is 6.61 Å². The van der Waals surface area contributed by atoms with Crippen molar-refractivity contribution in [3.8, 4) is 5.75 Å². The van der Waals surface area contributed by atoms with E-state index in [1.165, 1.54) is 5.56 Å². The average Bonchev–Trinajstić information content (AvgIpc) is 2.78. The monoisotopic (exact) mass is 332 g/mol. The molecule has 1 atom stereocenters. The second kappa shape index (κ2) is 8.12. The van der Waals surface area contributed by atoms with Crippen LogP contribution in [0.2, 0.25) is 0 Å². The van der Waals surface area contributed by atoms with Crippen LogP contribution in [0.5, 0.6) is 5.75 Å². The molecule has 0 saturated carbocycles. The summed E-state index contributed by atoms with van der Waals surface area (Å²) in [5, 5.41) is 0. The number of ether oxygens (including phenoxy) is 3. The Labute approximate surface area is 144 Å². The van der Waals surface area contributed by atoms with Crippen LogP contribution in [0.15, 0.2) is 36.9 Å². The summed E-state index contributed by atoms with van der Waals surface area (Å²) < 4.78 is 17.4. The van der Waals surface area contributed by atoms with E-state index in [0.717, 1.165) is 58.2 Å². The fourth-order valence-corrected chi connectivity index (χ4v) is 3.59. The molecule has 5 nitrogen and oxygen atoms in total. The van der Waals surface area contributed by atoms with Gasteiger partial charge in [-0.3, -0.25) is 9.80 Å². The number of nitrogens with zero attached hydrogens (tertiary/aromatic N) is 2. The third kappa shape index (κ3) is 4.36. The van der Waals surface area contributed by atoms with E-state index in [4.69, 9.17) is 14.2 Å². The molecule has 0 radical (unpaired) electrons. The average molecular weight is 332 g/mol. The van der Waals surface area contributed by atoms with Gasteiger partial charge in [-0.2, -0.15) is 0 Å². The molecule has 0 amide bonds. The van der Waals surface area contributed by atoms with Gasteiger partial charge in [0.1, 0.15) is 11.4 Å². The Balaban J connectivity index is 1.67. The summed E-state index contributed by atoms with van der Waals surface area (Å²) in [6.45, 7) is 11.5. The molecule has 24 heavy (non-hydrogen) atoms. The number of rotatable bonds is 5. The predicted octanol–water partition coefficient (Wildman–Crippen LogP) is 1.78. The number of morpholine rings is 1. The Bertz CT molecular complexity index is 551. The molecule has 1 unspecified atom stereocenters. The summed E-state index contributed by atoms with van der Waals surface area (Å²) in [5.74, 6) is 0.908. The molecular weight excluding hydrogens is 304 g/mol. The SMILES string of the molecule is C=CCN1CCOCC2(C1)CN(Cc1cccc(OC)c1)CCO2. The summed E-state index contributed by atoms with van der Waals surface area (Å²) in [4.78, 5) is 4.83. The van der Waals surface area contributed by atoms with Gasteiger partial charge in [-0.25, -0.2) is 0 Å². The molecular formula is C19H28N2O3. The molecule has 0 aromatic heterocycles. The van der Waals surface area contributed by atoms with Crippen LogP contribution in [-0.4, -0.2) is 75.1 Å². The number of benzene rings is 1. The fraction of sp³-hybridized carbons (Fsp3) is 0.579. The molecule has 0 N–H and O–H groups in total. The van der Waals surface area contributed by atoms with E-state index in [2.05, 4.69) is 28.5 Å². The maximum atomic E-state index is 6.21. The summed E-state index contributed by atoms with van der Waals surface area (Å²) in [5.41, 5.74) is 1.03. The zero-order valence-corrected chi connectivity index (χ0v) is 14.6. The lowest BCUT2D eigenvalue weighted by atomic mass is 10.0. The highest BCUT2D eigenvalue weighted by Gasteiger charge is 2.39. The minimum Gasteiger partial charge on any atom is -0.497 e. The first-order valence-electron chi connectivity index (χ1n) is 8.63. The highest BCUT2D eigenvalue weighted by molar-refractivity contribution is 5.28. The van der Waals surface area contributed by atoms with Crippen molar-refractivity contribution in [2.75, 3.05) is 59.7 Å². The molecule has 1 aromatic rings. The van der Waals surface area contributed by atoms with Gasteiger partial charge in [0.25, 0.3) is 0 Å². The van der Waals surface area contributed by atoms with Gasteiger partial charge in [-0.05, 0) is 17.7 Å². The molecule has 2 heterocycles. The third-order valence-corrected chi connectivity index (χ3v) is 4.68. The molecule has 5 heteroatoms. The predicted molar refractivity (Wildman–Crippen MR) is 94.4 cm³/mol. The van der Waals surface area contributed by atoms with E-state index in [9.17, 15) is 0 Å². The quantitative estimate of drug-likeness (QED) is 0.768. The molecule has 132 valence electrons. The summed E-state index contributed by atoms with van der Waals surface area (Å²) >= 11 is 0. The van der Waals surface area contributed by atoms with Crippen molar-refractivity contribution in [2.45, 2.75) is 12.1 Å². The minimum atomic E-state index is -0.239. The van der Waals surface area contributed by atoms with Crippen molar-refractivity contribution < 1.29 is 14.2 Å². The molecule has 2 saturated heterocycles. The zero-order valence-electron chi connectivity index (χ0n) is 14.6. The van der Waals surface area contributed by atoms with Crippen molar-refractivity contribution in [1.82, 2.24) is 9.80 Å². The van der Waals surface area contributed by atoms with Crippen LogP contribution in [0.25, 0.3) is 0 Å². The zero-order chi connectivity index (χ0) is 16.8. The third-order valence-electron chi connectivity index (χ3n) is 4.68. The summed E-state index contributed by atoms with van der Waals surface area (Å²) in [7, 11) is 1.71. The first-order valence-corrected chi connectivity index (χ1v) is 8.63. The van der Waals surface area contributed by atoms with Crippen LogP contribution >= 0.6 is 0 Å². The highest BCUT2D eigenvalue weighted by atomic mass is 16.5. The van der Waals surface area contributed by atoms with Crippen LogP contribution in [0, 0.1) is 0 Å². The van der Waals surface area contributed by atoms with Crippen molar-refractivity contribution in [1.29, 1.82) is 0 Å². The Hall–Kier alpha value is -1.40. The van der Waals surface area contributed by atoms with Gasteiger partial charge in [0.05, 0.1) is 26.9 Å². The van der Waals surface area contributed by atoms with E-state index in [-0.39, 0.29) is 5.60 Å². The molecule has 0 bridgehead atoms. The van der Waals surface area contributed by atoms with Gasteiger partial charge in [0.15, 0.2) is 0 Å². The van der Waals surface area contributed by atoms with Crippen LogP contribution < -0.4 is 4.74 Å². The summed E-state index contributed by atoms with van der Waals surface area (Å²) in [6, 6.07) is 8.29. The minimum absolute atomic E-state index is 0.239. The first kappa shape index (κ1) is 17.4. The molecule has 1 spiro atoms. The van der Waals surface area contributed by atoms with Crippen LogP contribution in [0.4, 0.5) is 0 Å². The van der Waals surface area contributed by atoms with Gasteiger partial charge >= 0.3 is 0 Å². The maximum absolute atomic E-state index is 6.21. The van der Waals surface area contributed by atoms with Crippen LogP contribution in [-0.2, 0) is 16.0 Å². The number of hydrogen-bond donors (Lipinski definition) is 0. The van der Waals surface area contributed by atoms with E-state index in [1.807, 2.05) is 18.2 Å². The number of methoxy groups -OCH3 is 1. The first-order chi connectivity index (χ1) is 11.7. The highest BCUT2D eigenvalue weighted by Crippen LogP contribution is 2.24. The van der Waals surface area contributed by atoms with Crippen molar-refractivity contribution in [2.24, 2.45) is 0 Å². The van der Waals surface area contributed by atoms with E-state index < -0.39 is 0 Å². The topological polar surface area (TPSA) is 34.2 Å². The van der Waals surface area contributed by atoms with Crippen molar-refractivity contribution in [3.63, 3.8) is 0 Å². The lowest BCUT2D eigenvalue weighted by Gasteiger charge is -2.43. The molecule has 2 fully saturated rings. The smallest absolute Gasteiger partial charge is 0.119 e. The molecule has 2 aliphatic rings. The van der Waals surface area contributed by atoms with Gasteiger partial charge in [0, 0.05) is 39.3 Å². The Morgan fingerprint density at radius 1 is 1.25 bits per heavy atom. The lowest BCUT2D eigenvalue weighted by molar-refractivity contribution is -0.142.